The van der Waals surface area contributed by atoms with E-state index >= 15 is 0 Å². The van der Waals surface area contributed by atoms with Gasteiger partial charge in [0.1, 0.15) is 5.82 Å². The molecule has 1 saturated carbocycles. The van der Waals surface area contributed by atoms with Gasteiger partial charge in [0.05, 0.1) is 6.04 Å². The van der Waals surface area contributed by atoms with Crippen LogP contribution in [0.2, 0.25) is 0 Å². The number of aromatic nitrogens is 2. The monoisotopic (exact) mass is 501 g/mol. The van der Waals surface area contributed by atoms with Gasteiger partial charge in [0, 0.05) is 50.6 Å². The fourth-order valence-corrected chi connectivity index (χ4v) is 6.29. The maximum absolute atomic E-state index is 12.3. The molecule has 3 fully saturated rings. The summed E-state index contributed by atoms with van der Waals surface area (Å²) in [5.74, 6) is 1.56. The van der Waals surface area contributed by atoms with Crippen LogP contribution in [0.4, 0.5) is 11.8 Å². The van der Waals surface area contributed by atoms with Crippen LogP contribution in [0, 0.1) is 0 Å². The first-order valence-corrected chi connectivity index (χ1v) is 14.4. The van der Waals surface area contributed by atoms with Crippen LogP contribution in [0.25, 0.3) is 0 Å². The fourth-order valence-electron chi connectivity index (χ4n) is 6.29. The Labute approximate surface area is 216 Å². The quantitative estimate of drug-likeness (QED) is 0.386. The Morgan fingerprint density at radius 3 is 2.56 bits per heavy atom. The molecule has 1 aromatic rings. The molecule has 0 spiro atoms. The normalized spacial score (nSPS) is 25.2. The van der Waals surface area contributed by atoms with Crippen LogP contribution in [-0.2, 0) is 4.79 Å². The minimum Gasteiger partial charge on any atom is -0.396 e. The first-order valence-electron chi connectivity index (χ1n) is 14.4. The molecule has 3 atom stereocenters. The van der Waals surface area contributed by atoms with E-state index in [2.05, 4.69) is 25.4 Å². The zero-order valence-corrected chi connectivity index (χ0v) is 21.9. The summed E-state index contributed by atoms with van der Waals surface area (Å²) >= 11 is 0. The average molecular weight is 502 g/mol. The standard InChI is InChI=1S/C27H47N7O2/c28-22(14-20-35)26(36)29-15-12-24-23(11-8-19-34(24)21-9-4-3-5-10-21)31-27-30-16-13-25(32-27)33-17-6-1-2-7-18-33/h13,16,21-24,35H,1-12,14-15,17-20,28H2,(H,29,36)(H,30,31,32)/t22-,23?,24?/m1/s1. The molecule has 202 valence electrons. The molecule has 36 heavy (non-hydrogen) atoms. The number of amides is 1. The van der Waals surface area contributed by atoms with Crippen LogP contribution >= 0.6 is 0 Å². The van der Waals surface area contributed by atoms with Gasteiger partial charge in [-0.3, -0.25) is 9.69 Å². The van der Waals surface area contributed by atoms with Crippen LogP contribution in [0.5, 0.6) is 0 Å². The smallest absolute Gasteiger partial charge is 0.237 e. The lowest BCUT2D eigenvalue weighted by Crippen LogP contribution is -2.56. The van der Waals surface area contributed by atoms with Crippen molar-refractivity contribution in [3.05, 3.63) is 12.3 Å². The number of nitrogens with zero attached hydrogens (tertiary/aromatic N) is 4. The summed E-state index contributed by atoms with van der Waals surface area (Å²) in [5.41, 5.74) is 5.89. The van der Waals surface area contributed by atoms with Gasteiger partial charge in [0.2, 0.25) is 11.9 Å². The predicted octanol–water partition coefficient (Wildman–Crippen LogP) is 2.65. The van der Waals surface area contributed by atoms with Crippen molar-refractivity contribution in [1.29, 1.82) is 0 Å². The van der Waals surface area contributed by atoms with Gasteiger partial charge in [0.25, 0.3) is 0 Å². The maximum atomic E-state index is 12.3. The van der Waals surface area contributed by atoms with E-state index in [9.17, 15) is 4.79 Å². The number of nitrogens with two attached hydrogens (primary N) is 1. The second-order valence-corrected chi connectivity index (χ2v) is 10.8. The van der Waals surface area contributed by atoms with Crippen LogP contribution in [-0.4, -0.2) is 82.8 Å². The number of aliphatic hydroxyl groups excluding tert-OH is 1. The lowest BCUT2D eigenvalue weighted by Gasteiger charge is -2.47. The first kappa shape index (κ1) is 27.1. The highest BCUT2D eigenvalue weighted by Crippen LogP contribution is 2.31. The number of nitrogens with one attached hydrogen (secondary N) is 2. The van der Waals surface area contributed by atoms with Crippen molar-refractivity contribution in [2.24, 2.45) is 5.73 Å². The van der Waals surface area contributed by atoms with Crippen LogP contribution in [0.3, 0.4) is 0 Å². The molecular formula is C27H47N7O2. The molecule has 3 heterocycles. The van der Waals surface area contributed by atoms with E-state index in [4.69, 9.17) is 15.8 Å². The molecule has 0 radical (unpaired) electrons. The van der Waals surface area contributed by atoms with E-state index in [0.29, 0.717) is 31.0 Å². The number of carbonyl (C=O) groups excluding carboxylic acids is 1. The SMILES string of the molecule is N[C@H](CCO)C(=O)NCCC1C(Nc2nccc(N3CCCCCC3)n2)CCCN1C1CCCCC1. The van der Waals surface area contributed by atoms with Gasteiger partial charge in [-0.25, -0.2) is 4.98 Å². The molecule has 1 aliphatic carbocycles. The Bertz CT molecular complexity index is 796. The summed E-state index contributed by atoms with van der Waals surface area (Å²) in [6.07, 6.45) is 16.8. The van der Waals surface area contributed by atoms with Crippen molar-refractivity contribution in [3.63, 3.8) is 0 Å². The van der Waals surface area contributed by atoms with Gasteiger partial charge in [-0.2, -0.15) is 4.98 Å². The molecule has 1 amide bonds. The first-order chi connectivity index (χ1) is 17.7. The summed E-state index contributed by atoms with van der Waals surface area (Å²) in [7, 11) is 0. The van der Waals surface area contributed by atoms with Gasteiger partial charge < -0.3 is 26.4 Å². The highest BCUT2D eigenvalue weighted by atomic mass is 16.3. The van der Waals surface area contributed by atoms with Gasteiger partial charge in [0.15, 0.2) is 0 Å². The molecule has 0 bridgehead atoms. The molecule has 9 nitrogen and oxygen atoms in total. The third-order valence-corrected chi connectivity index (χ3v) is 8.27. The van der Waals surface area contributed by atoms with Crippen LogP contribution in [0.1, 0.15) is 83.5 Å². The summed E-state index contributed by atoms with van der Waals surface area (Å²) < 4.78 is 0. The van der Waals surface area contributed by atoms with Crippen molar-refractivity contribution in [2.45, 2.75) is 108 Å². The molecule has 0 aromatic carbocycles. The Balaban J connectivity index is 1.44. The number of anilines is 2. The van der Waals surface area contributed by atoms with E-state index in [1.165, 1.54) is 57.8 Å². The minimum absolute atomic E-state index is 0.0743. The van der Waals surface area contributed by atoms with Crippen LogP contribution < -0.4 is 21.3 Å². The van der Waals surface area contributed by atoms with Gasteiger partial charge >= 0.3 is 0 Å². The number of likely N-dealkylation sites (tertiary alicyclic amines) is 1. The van der Waals surface area contributed by atoms with Crippen molar-refractivity contribution in [1.82, 2.24) is 20.2 Å². The topological polar surface area (TPSA) is 120 Å². The van der Waals surface area contributed by atoms with Gasteiger partial charge in [-0.15, -0.1) is 0 Å². The van der Waals surface area contributed by atoms with E-state index in [0.717, 1.165) is 44.7 Å². The molecule has 1 aromatic heterocycles. The Hall–Kier alpha value is -1.97. The van der Waals surface area contributed by atoms with Crippen molar-refractivity contribution in [3.8, 4) is 0 Å². The highest BCUT2D eigenvalue weighted by Gasteiger charge is 2.36. The minimum atomic E-state index is -0.653. The van der Waals surface area contributed by atoms with E-state index < -0.39 is 6.04 Å². The second kappa shape index (κ2) is 14.1. The Kier molecular flexibility index (Phi) is 10.6. The van der Waals surface area contributed by atoms with Crippen molar-refractivity contribution >= 4 is 17.7 Å². The fraction of sp³-hybridized carbons (Fsp3) is 0.815. The molecule has 5 N–H and O–H groups in total. The molecular weight excluding hydrogens is 454 g/mol. The maximum Gasteiger partial charge on any atom is 0.237 e. The predicted molar refractivity (Wildman–Crippen MR) is 144 cm³/mol. The number of hydrogen-bond acceptors (Lipinski definition) is 8. The lowest BCUT2D eigenvalue weighted by atomic mass is 9.87. The zero-order valence-electron chi connectivity index (χ0n) is 21.9. The lowest BCUT2D eigenvalue weighted by molar-refractivity contribution is -0.122. The number of carbonyl (C=O) groups is 1. The number of aliphatic hydroxyl groups is 1. The summed E-state index contributed by atoms with van der Waals surface area (Å²) in [5, 5.41) is 15.8. The largest absolute Gasteiger partial charge is 0.396 e. The molecule has 4 rings (SSSR count). The zero-order chi connectivity index (χ0) is 25.2. The molecule has 9 heteroatoms. The Morgan fingerprint density at radius 1 is 1.06 bits per heavy atom. The van der Waals surface area contributed by atoms with Crippen LogP contribution in [0.15, 0.2) is 12.3 Å². The molecule has 2 saturated heterocycles. The molecule has 2 unspecified atom stereocenters. The number of hydrogen-bond donors (Lipinski definition) is 4. The number of rotatable bonds is 10. The number of piperidine rings is 1. The second-order valence-electron chi connectivity index (χ2n) is 10.8. The van der Waals surface area contributed by atoms with Crippen molar-refractivity contribution in [2.75, 3.05) is 43.0 Å². The van der Waals surface area contributed by atoms with E-state index in [1.807, 2.05) is 12.3 Å². The van der Waals surface area contributed by atoms with E-state index in [1.54, 1.807) is 0 Å². The summed E-state index contributed by atoms with van der Waals surface area (Å²) in [6.45, 7) is 3.75. The van der Waals surface area contributed by atoms with Gasteiger partial charge in [-0.05, 0) is 64.0 Å². The highest BCUT2D eigenvalue weighted by molar-refractivity contribution is 5.81. The molecule has 3 aliphatic rings. The molecule has 2 aliphatic heterocycles. The third kappa shape index (κ3) is 7.52. The van der Waals surface area contributed by atoms with Crippen molar-refractivity contribution < 1.29 is 9.90 Å². The summed E-state index contributed by atoms with van der Waals surface area (Å²) in [4.78, 5) is 27.0. The van der Waals surface area contributed by atoms with Gasteiger partial charge in [-0.1, -0.05) is 32.1 Å². The summed E-state index contributed by atoms with van der Waals surface area (Å²) in [6, 6.07) is 2.54. The van der Waals surface area contributed by atoms with E-state index in [-0.39, 0.29) is 18.6 Å². The Morgan fingerprint density at radius 2 is 1.81 bits per heavy atom. The third-order valence-electron chi connectivity index (χ3n) is 8.27. The average Bonchev–Trinajstić information content (AvgIpc) is 3.20.